The van der Waals surface area contributed by atoms with E-state index in [1.165, 1.54) is 11.3 Å². The fourth-order valence-corrected chi connectivity index (χ4v) is 2.94. The molecule has 0 aliphatic carbocycles. The van der Waals surface area contributed by atoms with E-state index in [2.05, 4.69) is 11.8 Å². The molecular weight excluding hydrogens is 288 g/mol. The molecule has 1 aromatic heterocycles. The zero-order valence-electron chi connectivity index (χ0n) is 12.0. The molecule has 0 unspecified atom stereocenters. The lowest BCUT2D eigenvalue weighted by Gasteiger charge is -2.33. The SMILES string of the molecule is CCN1CC(=O)N(Cc2sccc2C#CCCO)CC1=O. The van der Waals surface area contributed by atoms with E-state index in [1.807, 2.05) is 18.4 Å². The van der Waals surface area contributed by atoms with Crippen LogP contribution in [0.15, 0.2) is 11.4 Å². The van der Waals surface area contributed by atoms with Gasteiger partial charge in [0.2, 0.25) is 11.8 Å². The summed E-state index contributed by atoms with van der Waals surface area (Å²) in [5.41, 5.74) is 0.867. The van der Waals surface area contributed by atoms with Gasteiger partial charge in [-0.25, -0.2) is 0 Å². The van der Waals surface area contributed by atoms with Gasteiger partial charge in [0.25, 0.3) is 0 Å². The molecule has 1 aliphatic heterocycles. The maximum absolute atomic E-state index is 12.1. The van der Waals surface area contributed by atoms with Crippen LogP contribution in [0.2, 0.25) is 0 Å². The first kappa shape index (κ1) is 15.5. The Labute approximate surface area is 128 Å². The van der Waals surface area contributed by atoms with Crippen molar-refractivity contribution in [1.82, 2.24) is 9.80 Å². The monoisotopic (exact) mass is 306 g/mol. The first-order valence-corrected chi connectivity index (χ1v) is 7.75. The second-order valence-electron chi connectivity index (χ2n) is 4.69. The number of likely N-dealkylation sites (N-methyl/N-ethyl adjacent to an activating group) is 1. The summed E-state index contributed by atoms with van der Waals surface area (Å²) < 4.78 is 0. The number of hydrogen-bond donors (Lipinski definition) is 1. The minimum atomic E-state index is -0.0286. The first-order valence-electron chi connectivity index (χ1n) is 6.87. The predicted octanol–water partition coefficient (Wildman–Crippen LogP) is 0.673. The van der Waals surface area contributed by atoms with Crippen molar-refractivity contribution < 1.29 is 14.7 Å². The highest BCUT2D eigenvalue weighted by atomic mass is 32.1. The molecule has 1 fully saturated rings. The van der Waals surface area contributed by atoms with Crippen molar-refractivity contribution in [1.29, 1.82) is 0 Å². The van der Waals surface area contributed by atoms with Gasteiger partial charge in [0.05, 0.1) is 19.7 Å². The Morgan fingerprint density at radius 3 is 2.71 bits per heavy atom. The second kappa shape index (κ2) is 7.25. The molecule has 2 rings (SSSR count). The van der Waals surface area contributed by atoms with E-state index in [0.29, 0.717) is 19.5 Å². The van der Waals surface area contributed by atoms with E-state index < -0.39 is 0 Å². The standard InChI is InChI=1S/C15H18N2O3S/c1-2-16-10-15(20)17(11-14(16)19)9-13-12(6-8-21-13)5-3-4-7-18/h6,8,18H,2,4,7,9-11H2,1H3. The normalized spacial score (nSPS) is 15.1. The van der Waals surface area contributed by atoms with Gasteiger partial charge in [-0.05, 0) is 18.4 Å². The Morgan fingerprint density at radius 1 is 1.29 bits per heavy atom. The van der Waals surface area contributed by atoms with Crippen molar-refractivity contribution in [3.05, 3.63) is 21.9 Å². The number of piperazine rings is 1. The van der Waals surface area contributed by atoms with Crippen molar-refractivity contribution in [2.75, 3.05) is 26.2 Å². The topological polar surface area (TPSA) is 60.9 Å². The fourth-order valence-electron chi connectivity index (χ4n) is 2.10. The molecule has 0 saturated carbocycles. The summed E-state index contributed by atoms with van der Waals surface area (Å²) in [7, 11) is 0. The van der Waals surface area contributed by atoms with Gasteiger partial charge in [0.1, 0.15) is 6.54 Å². The molecule has 1 aliphatic rings. The van der Waals surface area contributed by atoms with E-state index in [9.17, 15) is 9.59 Å². The summed E-state index contributed by atoms with van der Waals surface area (Å²) in [5, 5.41) is 10.7. The molecule has 2 heterocycles. The molecule has 0 atom stereocenters. The molecule has 5 nitrogen and oxygen atoms in total. The van der Waals surface area contributed by atoms with Crippen LogP contribution in [0.1, 0.15) is 23.8 Å². The lowest BCUT2D eigenvalue weighted by atomic mass is 10.2. The van der Waals surface area contributed by atoms with Crippen LogP contribution in [0.5, 0.6) is 0 Å². The van der Waals surface area contributed by atoms with E-state index >= 15 is 0 Å². The number of carbonyl (C=O) groups is 2. The Balaban J connectivity index is 2.06. The third-order valence-electron chi connectivity index (χ3n) is 3.28. The maximum Gasteiger partial charge on any atom is 0.242 e. The zero-order valence-corrected chi connectivity index (χ0v) is 12.8. The molecule has 1 N–H and O–H groups in total. The van der Waals surface area contributed by atoms with Gasteiger partial charge < -0.3 is 14.9 Å². The smallest absolute Gasteiger partial charge is 0.242 e. The Hall–Kier alpha value is -1.84. The number of nitrogens with zero attached hydrogens (tertiary/aromatic N) is 2. The molecule has 0 aromatic carbocycles. The molecule has 0 spiro atoms. The summed E-state index contributed by atoms with van der Waals surface area (Å²) in [6.45, 7) is 3.19. The van der Waals surface area contributed by atoms with Gasteiger partial charge in [-0.2, -0.15) is 0 Å². The van der Waals surface area contributed by atoms with Crippen LogP contribution in [-0.2, 0) is 16.1 Å². The lowest BCUT2D eigenvalue weighted by molar-refractivity contribution is -0.150. The average molecular weight is 306 g/mol. The number of hydrogen-bond acceptors (Lipinski definition) is 4. The van der Waals surface area contributed by atoms with Crippen LogP contribution in [0, 0.1) is 11.8 Å². The Bertz CT molecular complexity index is 585. The van der Waals surface area contributed by atoms with Gasteiger partial charge in [-0.1, -0.05) is 11.8 Å². The predicted molar refractivity (Wildman–Crippen MR) is 80.6 cm³/mol. The number of thiophene rings is 1. The summed E-state index contributed by atoms with van der Waals surface area (Å²) >= 11 is 1.53. The Morgan fingerprint density at radius 2 is 2.00 bits per heavy atom. The third-order valence-corrected chi connectivity index (χ3v) is 4.18. The highest BCUT2D eigenvalue weighted by Gasteiger charge is 2.29. The van der Waals surface area contributed by atoms with Crippen molar-refractivity contribution in [3.8, 4) is 11.8 Å². The van der Waals surface area contributed by atoms with Crippen LogP contribution >= 0.6 is 11.3 Å². The molecule has 0 radical (unpaired) electrons. The van der Waals surface area contributed by atoms with Gasteiger partial charge in [0.15, 0.2) is 0 Å². The number of carbonyl (C=O) groups excluding carboxylic acids is 2. The minimum Gasteiger partial charge on any atom is -0.395 e. The number of amides is 2. The summed E-state index contributed by atoms with van der Waals surface area (Å²) in [6.07, 6.45) is 0.432. The quantitative estimate of drug-likeness (QED) is 0.832. The van der Waals surface area contributed by atoms with Crippen LogP contribution in [-0.4, -0.2) is 53.0 Å². The van der Waals surface area contributed by atoms with Gasteiger partial charge in [-0.3, -0.25) is 9.59 Å². The van der Waals surface area contributed by atoms with Gasteiger partial charge in [0, 0.05) is 23.4 Å². The molecule has 1 aromatic rings. The molecule has 0 bridgehead atoms. The van der Waals surface area contributed by atoms with Crippen molar-refractivity contribution in [3.63, 3.8) is 0 Å². The van der Waals surface area contributed by atoms with Crippen LogP contribution in [0.25, 0.3) is 0 Å². The Kier molecular flexibility index (Phi) is 5.37. The van der Waals surface area contributed by atoms with Crippen molar-refractivity contribution >= 4 is 23.2 Å². The summed E-state index contributed by atoms with van der Waals surface area (Å²) in [4.78, 5) is 28.1. The second-order valence-corrected chi connectivity index (χ2v) is 5.69. The molecule has 6 heteroatoms. The van der Waals surface area contributed by atoms with E-state index in [0.717, 1.165) is 10.4 Å². The highest BCUT2D eigenvalue weighted by molar-refractivity contribution is 7.10. The lowest BCUT2D eigenvalue weighted by Crippen LogP contribution is -2.53. The largest absolute Gasteiger partial charge is 0.395 e. The number of rotatable bonds is 4. The van der Waals surface area contributed by atoms with Crippen LogP contribution in [0.3, 0.4) is 0 Å². The molecule has 21 heavy (non-hydrogen) atoms. The average Bonchev–Trinajstić information content (AvgIpc) is 2.90. The van der Waals surface area contributed by atoms with E-state index in [-0.39, 0.29) is 31.5 Å². The van der Waals surface area contributed by atoms with E-state index in [4.69, 9.17) is 5.11 Å². The third kappa shape index (κ3) is 3.84. The van der Waals surface area contributed by atoms with E-state index in [1.54, 1.807) is 9.80 Å². The fraction of sp³-hybridized carbons (Fsp3) is 0.467. The van der Waals surface area contributed by atoms with Gasteiger partial charge >= 0.3 is 0 Å². The minimum absolute atomic E-state index is 0.0124. The highest BCUT2D eigenvalue weighted by Crippen LogP contribution is 2.19. The zero-order chi connectivity index (χ0) is 15.2. The number of aliphatic hydroxyl groups is 1. The molecule has 112 valence electrons. The molecule has 2 amide bonds. The van der Waals surface area contributed by atoms with Crippen LogP contribution < -0.4 is 0 Å². The summed E-state index contributed by atoms with van der Waals surface area (Å²) in [5.74, 6) is 5.84. The van der Waals surface area contributed by atoms with Crippen LogP contribution in [0.4, 0.5) is 0 Å². The summed E-state index contributed by atoms with van der Waals surface area (Å²) in [6, 6.07) is 1.90. The molecule has 1 saturated heterocycles. The number of aliphatic hydroxyl groups excluding tert-OH is 1. The first-order chi connectivity index (χ1) is 10.2. The molecular formula is C15H18N2O3S. The maximum atomic E-state index is 12.1. The van der Waals surface area contributed by atoms with Gasteiger partial charge in [-0.15, -0.1) is 11.3 Å². The van der Waals surface area contributed by atoms with Crippen molar-refractivity contribution in [2.24, 2.45) is 0 Å². The van der Waals surface area contributed by atoms with Crippen molar-refractivity contribution in [2.45, 2.75) is 19.9 Å².